The third kappa shape index (κ3) is 7.65. The molecule has 1 unspecified atom stereocenters. The molecule has 0 aliphatic rings. The number of hydrogen-bond acceptors (Lipinski definition) is 3. The van der Waals surface area contributed by atoms with Crippen molar-refractivity contribution in [1.82, 2.24) is 4.90 Å². The third-order valence-corrected chi connectivity index (χ3v) is 2.40. The first-order chi connectivity index (χ1) is 7.47. The van der Waals surface area contributed by atoms with E-state index in [2.05, 4.69) is 18.7 Å². The highest BCUT2D eigenvalue weighted by molar-refractivity contribution is 5.69. The zero-order chi connectivity index (χ0) is 12.6. The quantitative estimate of drug-likeness (QED) is 0.614. The molecule has 1 N–H and O–H groups in total. The van der Waals surface area contributed by atoms with Crippen LogP contribution in [0.25, 0.3) is 0 Å². The van der Waals surface area contributed by atoms with Gasteiger partial charge in [-0.1, -0.05) is 27.7 Å². The van der Waals surface area contributed by atoms with Gasteiger partial charge in [0.15, 0.2) is 0 Å². The standard InChI is InChI=1S/C12H25NO3/c1-5-13(8-11(4)12(14)15)6-7-16-9-10(2)3/h10-11H,5-9H2,1-4H3,(H,14,15). The van der Waals surface area contributed by atoms with E-state index < -0.39 is 5.97 Å². The van der Waals surface area contributed by atoms with Crippen LogP contribution < -0.4 is 0 Å². The second kappa shape index (κ2) is 8.53. The van der Waals surface area contributed by atoms with Gasteiger partial charge in [-0.25, -0.2) is 0 Å². The van der Waals surface area contributed by atoms with Crippen molar-refractivity contribution < 1.29 is 14.6 Å². The molecule has 16 heavy (non-hydrogen) atoms. The molecule has 0 rings (SSSR count). The fraction of sp³-hybridized carbons (Fsp3) is 0.917. The predicted octanol–water partition coefficient (Wildman–Crippen LogP) is 1.70. The lowest BCUT2D eigenvalue weighted by molar-refractivity contribution is -0.141. The minimum absolute atomic E-state index is 0.315. The van der Waals surface area contributed by atoms with E-state index in [1.807, 2.05) is 6.92 Å². The maximum absolute atomic E-state index is 10.7. The Hall–Kier alpha value is -0.610. The monoisotopic (exact) mass is 231 g/mol. The molecule has 4 heteroatoms. The average molecular weight is 231 g/mol. The topological polar surface area (TPSA) is 49.8 Å². The fourth-order valence-electron chi connectivity index (χ4n) is 1.36. The van der Waals surface area contributed by atoms with Gasteiger partial charge in [-0.2, -0.15) is 0 Å². The van der Waals surface area contributed by atoms with Gasteiger partial charge in [-0.05, 0) is 12.5 Å². The lowest BCUT2D eigenvalue weighted by Gasteiger charge is -2.22. The molecule has 0 radical (unpaired) electrons. The van der Waals surface area contributed by atoms with Gasteiger partial charge < -0.3 is 14.7 Å². The summed E-state index contributed by atoms with van der Waals surface area (Å²) < 4.78 is 5.48. The second-order valence-electron chi connectivity index (χ2n) is 4.60. The molecule has 0 aliphatic heterocycles. The Bertz CT molecular complexity index is 195. The van der Waals surface area contributed by atoms with E-state index >= 15 is 0 Å². The van der Waals surface area contributed by atoms with Crippen LogP contribution in [-0.2, 0) is 9.53 Å². The van der Waals surface area contributed by atoms with Gasteiger partial charge in [-0.15, -0.1) is 0 Å². The van der Waals surface area contributed by atoms with Crippen molar-refractivity contribution in [3.8, 4) is 0 Å². The number of hydrogen-bond donors (Lipinski definition) is 1. The molecule has 0 bridgehead atoms. The number of rotatable bonds is 9. The van der Waals surface area contributed by atoms with Gasteiger partial charge in [-0.3, -0.25) is 4.79 Å². The molecule has 0 aromatic rings. The van der Waals surface area contributed by atoms with Gasteiger partial charge >= 0.3 is 5.97 Å². The lowest BCUT2D eigenvalue weighted by atomic mass is 10.2. The van der Waals surface area contributed by atoms with Crippen LogP contribution in [0.15, 0.2) is 0 Å². The Balaban J connectivity index is 3.71. The number of carbonyl (C=O) groups is 1. The zero-order valence-corrected chi connectivity index (χ0v) is 10.9. The molecule has 0 aliphatic carbocycles. The molecule has 0 fully saturated rings. The normalized spacial score (nSPS) is 13.4. The van der Waals surface area contributed by atoms with Crippen molar-refractivity contribution in [2.24, 2.45) is 11.8 Å². The van der Waals surface area contributed by atoms with Crippen LogP contribution >= 0.6 is 0 Å². The van der Waals surface area contributed by atoms with Crippen LogP contribution in [0.1, 0.15) is 27.7 Å². The maximum Gasteiger partial charge on any atom is 0.307 e. The molecule has 0 aromatic carbocycles. The van der Waals surface area contributed by atoms with Crippen molar-refractivity contribution in [2.45, 2.75) is 27.7 Å². The average Bonchev–Trinajstić information content (AvgIpc) is 2.21. The molecule has 96 valence electrons. The summed E-state index contributed by atoms with van der Waals surface area (Å²) >= 11 is 0. The van der Waals surface area contributed by atoms with E-state index in [4.69, 9.17) is 9.84 Å². The summed E-state index contributed by atoms with van der Waals surface area (Å²) in [6.45, 7) is 11.7. The Morgan fingerprint density at radius 2 is 2.00 bits per heavy atom. The highest BCUT2D eigenvalue weighted by Crippen LogP contribution is 2.00. The Kier molecular flexibility index (Phi) is 8.21. The molecule has 0 spiro atoms. The molecule has 0 aromatic heterocycles. The van der Waals surface area contributed by atoms with Gasteiger partial charge in [0, 0.05) is 19.7 Å². The van der Waals surface area contributed by atoms with Gasteiger partial charge in [0.25, 0.3) is 0 Å². The largest absolute Gasteiger partial charge is 0.481 e. The molecule has 1 atom stereocenters. The number of ether oxygens (including phenoxy) is 1. The summed E-state index contributed by atoms with van der Waals surface area (Å²) in [5.41, 5.74) is 0. The summed E-state index contributed by atoms with van der Waals surface area (Å²) in [5, 5.41) is 8.81. The molecule has 0 saturated heterocycles. The molecule has 4 nitrogen and oxygen atoms in total. The highest BCUT2D eigenvalue weighted by atomic mass is 16.5. The van der Waals surface area contributed by atoms with Gasteiger partial charge in [0.1, 0.15) is 0 Å². The minimum atomic E-state index is -0.735. The molecule has 0 amide bonds. The zero-order valence-electron chi connectivity index (χ0n) is 10.9. The van der Waals surface area contributed by atoms with Crippen molar-refractivity contribution in [2.75, 3.05) is 32.8 Å². The van der Waals surface area contributed by atoms with Crippen LogP contribution in [0.3, 0.4) is 0 Å². The Labute approximate surface area is 98.6 Å². The highest BCUT2D eigenvalue weighted by Gasteiger charge is 2.14. The fourth-order valence-corrected chi connectivity index (χ4v) is 1.36. The van der Waals surface area contributed by atoms with E-state index in [9.17, 15) is 4.79 Å². The van der Waals surface area contributed by atoms with E-state index in [0.717, 1.165) is 19.7 Å². The predicted molar refractivity (Wildman–Crippen MR) is 64.6 cm³/mol. The smallest absolute Gasteiger partial charge is 0.307 e. The van der Waals surface area contributed by atoms with E-state index in [-0.39, 0.29) is 5.92 Å². The number of aliphatic carboxylic acids is 1. The maximum atomic E-state index is 10.7. The van der Waals surface area contributed by atoms with Crippen molar-refractivity contribution in [3.05, 3.63) is 0 Å². The van der Waals surface area contributed by atoms with Crippen LogP contribution in [0.2, 0.25) is 0 Å². The first kappa shape index (κ1) is 15.4. The first-order valence-electron chi connectivity index (χ1n) is 6.00. The molecule has 0 saturated carbocycles. The summed E-state index contributed by atoms with van der Waals surface area (Å²) in [4.78, 5) is 12.8. The Morgan fingerprint density at radius 1 is 1.38 bits per heavy atom. The van der Waals surface area contributed by atoms with E-state index in [1.165, 1.54) is 0 Å². The number of nitrogens with zero attached hydrogens (tertiary/aromatic N) is 1. The second-order valence-corrected chi connectivity index (χ2v) is 4.60. The summed E-state index contributed by atoms with van der Waals surface area (Å²) in [6, 6.07) is 0. The third-order valence-electron chi connectivity index (χ3n) is 2.40. The number of carboxylic acids is 1. The van der Waals surface area contributed by atoms with Gasteiger partial charge in [0.2, 0.25) is 0 Å². The first-order valence-corrected chi connectivity index (χ1v) is 6.00. The van der Waals surface area contributed by atoms with E-state index in [1.54, 1.807) is 6.92 Å². The van der Waals surface area contributed by atoms with E-state index in [0.29, 0.717) is 19.1 Å². The molecule has 0 heterocycles. The SMILES string of the molecule is CCN(CCOCC(C)C)CC(C)C(=O)O. The van der Waals surface area contributed by atoms with Crippen LogP contribution in [-0.4, -0.2) is 48.8 Å². The van der Waals surface area contributed by atoms with Crippen molar-refractivity contribution in [3.63, 3.8) is 0 Å². The van der Waals surface area contributed by atoms with Crippen LogP contribution in [0.5, 0.6) is 0 Å². The molecular formula is C12H25NO3. The number of likely N-dealkylation sites (N-methyl/N-ethyl adjacent to an activating group) is 1. The van der Waals surface area contributed by atoms with Crippen LogP contribution in [0.4, 0.5) is 0 Å². The van der Waals surface area contributed by atoms with Gasteiger partial charge in [0.05, 0.1) is 12.5 Å². The van der Waals surface area contributed by atoms with Crippen molar-refractivity contribution in [1.29, 1.82) is 0 Å². The summed E-state index contributed by atoms with van der Waals surface area (Å²) in [5.74, 6) is -0.500. The lowest BCUT2D eigenvalue weighted by Crippen LogP contribution is -2.34. The Morgan fingerprint density at radius 3 is 2.44 bits per heavy atom. The van der Waals surface area contributed by atoms with Crippen molar-refractivity contribution >= 4 is 5.97 Å². The minimum Gasteiger partial charge on any atom is -0.481 e. The summed E-state index contributed by atoms with van der Waals surface area (Å²) in [6.07, 6.45) is 0. The molecular weight excluding hydrogens is 206 g/mol. The number of carboxylic acid groups (broad SMARTS) is 1. The van der Waals surface area contributed by atoms with Crippen LogP contribution in [0, 0.1) is 11.8 Å². The summed E-state index contributed by atoms with van der Waals surface area (Å²) in [7, 11) is 0.